The minimum absolute atomic E-state index is 0.221. The molecule has 0 bridgehead atoms. The second-order valence-corrected chi connectivity index (χ2v) is 5.42. The molecule has 0 amide bonds. The molecule has 1 fully saturated rings. The Labute approximate surface area is 94.7 Å². The Balaban J connectivity index is 2.03. The fourth-order valence-electron chi connectivity index (χ4n) is 2.33. The number of thiazole rings is 1. The molecule has 2 nitrogen and oxygen atoms in total. The number of hydrogen-bond acceptors (Lipinski definition) is 3. The maximum Gasteiger partial charge on any atom is 0.185 e. The molecule has 1 aromatic heterocycles. The number of hydrogen-bond donors (Lipinski definition) is 0. The van der Waals surface area contributed by atoms with E-state index in [1.54, 1.807) is 5.51 Å². The summed E-state index contributed by atoms with van der Waals surface area (Å²) in [6.45, 7) is 4.54. The Morgan fingerprint density at radius 3 is 2.80 bits per heavy atom. The van der Waals surface area contributed by atoms with Gasteiger partial charge in [-0.25, -0.2) is 4.98 Å². The van der Waals surface area contributed by atoms with E-state index in [0.717, 1.165) is 18.8 Å². The van der Waals surface area contributed by atoms with Gasteiger partial charge in [0.25, 0.3) is 0 Å². The van der Waals surface area contributed by atoms with Crippen LogP contribution in [0.15, 0.2) is 10.9 Å². The second kappa shape index (κ2) is 4.44. The van der Waals surface area contributed by atoms with Crippen LogP contribution in [0.25, 0.3) is 0 Å². The zero-order valence-electron chi connectivity index (χ0n) is 9.27. The molecular weight excluding hydrogens is 206 g/mol. The van der Waals surface area contributed by atoms with Gasteiger partial charge in [0.1, 0.15) is 5.69 Å². The maximum atomic E-state index is 12.1. The Hall–Kier alpha value is -0.700. The van der Waals surface area contributed by atoms with Gasteiger partial charge in [-0.15, -0.1) is 11.3 Å². The van der Waals surface area contributed by atoms with Crippen molar-refractivity contribution in [1.29, 1.82) is 0 Å². The summed E-state index contributed by atoms with van der Waals surface area (Å²) in [5, 5.41) is 1.87. The minimum Gasteiger partial charge on any atom is -0.292 e. The quantitative estimate of drug-likeness (QED) is 0.719. The van der Waals surface area contributed by atoms with Crippen LogP contribution in [-0.4, -0.2) is 10.8 Å². The van der Waals surface area contributed by atoms with Crippen molar-refractivity contribution in [3.05, 3.63) is 16.6 Å². The summed E-state index contributed by atoms with van der Waals surface area (Å²) in [6, 6.07) is 0. The molecule has 15 heavy (non-hydrogen) atoms. The second-order valence-electron chi connectivity index (χ2n) is 4.70. The van der Waals surface area contributed by atoms with Crippen molar-refractivity contribution < 1.29 is 4.79 Å². The summed E-state index contributed by atoms with van der Waals surface area (Å²) in [5.41, 5.74) is 2.41. The molecular formula is C12H17NOS. The van der Waals surface area contributed by atoms with Crippen LogP contribution in [0.5, 0.6) is 0 Å². The van der Waals surface area contributed by atoms with E-state index in [9.17, 15) is 4.79 Å². The van der Waals surface area contributed by atoms with Gasteiger partial charge in [-0.05, 0) is 31.1 Å². The molecule has 3 unspecified atom stereocenters. The molecule has 0 aliphatic heterocycles. The van der Waals surface area contributed by atoms with Gasteiger partial charge in [-0.3, -0.25) is 4.79 Å². The summed E-state index contributed by atoms with van der Waals surface area (Å²) >= 11 is 1.50. The van der Waals surface area contributed by atoms with E-state index in [0.29, 0.717) is 11.6 Å². The molecule has 1 aliphatic rings. The molecule has 0 spiro atoms. The summed E-state index contributed by atoms with van der Waals surface area (Å²) in [4.78, 5) is 16.2. The summed E-state index contributed by atoms with van der Waals surface area (Å²) in [7, 11) is 0. The van der Waals surface area contributed by atoms with Crippen molar-refractivity contribution in [1.82, 2.24) is 4.98 Å². The van der Waals surface area contributed by atoms with E-state index in [2.05, 4.69) is 18.8 Å². The average Bonchev–Trinajstić information content (AvgIpc) is 2.74. The third kappa shape index (κ3) is 2.28. The van der Waals surface area contributed by atoms with Gasteiger partial charge in [-0.1, -0.05) is 13.8 Å². The number of carbonyl (C=O) groups is 1. The van der Waals surface area contributed by atoms with Crippen LogP contribution in [0.4, 0.5) is 0 Å². The smallest absolute Gasteiger partial charge is 0.185 e. The van der Waals surface area contributed by atoms with Gasteiger partial charge in [0.05, 0.1) is 5.51 Å². The van der Waals surface area contributed by atoms with E-state index >= 15 is 0 Å². The van der Waals surface area contributed by atoms with Crippen molar-refractivity contribution in [2.45, 2.75) is 33.1 Å². The fourth-order valence-corrected chi connectivity index (χ4v) is 2.87. The topological polar surface area (TPSA) is 30.0 Å². The van der Waals surface area contributed by atoms with Crippen LogP contribution in [0.2, 0.25) is 0 Å². The lowest BCUT2D eigenvalue weighted by Crippen LogP contribution is -2.26. The highest BCUT2D eigenvalue weighted by Gasteiger charge is 2.30. The van der Waals surface area contributed by atoms with Gasteiger partial charge in [0, 0.05) is 11.3 Å². The Bertz CT molecular complexity index is 333. The summed E-state index contributed by atoms with van der Waals surface area (Å²) in [6.07, 6.45) is 3.26. The predicted octanol–water partition coefficient (Wildman–Crippen LogP) is 3.40. The molecule has 0 N–H and O–H groups in total. The third-order valence-electron chi connectivity index (χ3n) is 3.65. The van der Waals surface area contributed by atoms with Crippen molar-refractivity contribution in [2.24, 2.45) is 17.8 Å². The molecule has 3 atom stereocenters. The fraction of sp³-hybridized carbons (Fsp3) is 0.667. The highest BCUT2D eigenvalue weighted by Crippen LogP contribution is 2.34. The molecule has 0 aromatic carbocycles. The zero-order valence-corrected chi connectivity index (χ0v) is 10.1. The van der Waals surface area contributed by atoms with Gasteiger partial charge < -0.3 is 0 Å². The summed E-state index contributed by atoms with van der Waals surface area (Å²) < 4.78 is 0. The van der Waals surface area contributed by atoms with Crippen LogP contribution in [0.3, 0.4) is 0 Å². The first kappa shape index (κ1) is 10.8. The Morgan fingerprint density at radius 2 is 2.20 bits per heavy atom. The van der Waals surface area contributed by atoms with Crippen LogP contribution < -0.4 is 0 Å². The molecule has 82 valence electrons. The number of aromatic nitrogens is 1. The van der Waals surface area contributed by atoms with E-state index in [4.69, 9.17) is 0 Å². The first-order valence-electron chi connectivity index (χ1n) is 5.61. The minimum atomic E-state index is 0.221. The van der Waals surface area contributed by atoms with E-state index in [-0.39, 0.29) is 11.7 Å². The van der Waals surface area contributed by atoms with Crippen molar-refractivity contribution >= 4 is 17.1 Å². The molecule has 1 heterocycles. The predicted molar refractivity (Wildman–Crippen MR) is 62.1 cm³/mol. The standard InChI is InChI=1S/C12H17NOS/c1-8-3-4-10(5-9(8)2)12(14)11-6-15-7-13-11/h6-10H,3-5H2,1-2H3. The normalized spacial score (nSPS) is 31.5. The number of Topliss-reactive ketones (excluding diaryl/α,β-unsaturated/α-hetero) is 1. The van der Waals surface area contributed by atoms with E-state index in [1.165, 1.54) is 17.8 Å². The summed E-state index contributed by atoms with van der Waals surface area (Å²) in [5.74, 6) is 1.92. The van der Waals surface area contributed by atoms with Gasteiger partial charge in [0.15, 0.2) is 5.78 Å². The molecule has 2 rings (SSSR count). The number of nitrogens with zero attached hydrogens (tertiary/aromatic N) is 1. The lowest BCUT2D eigenvalue weighted by molar-refractivity contribution is 0.0833. The number of rotatable bonds is 2. The Morgan fingerprint density at radius 1 is 1.40 bits per heavy atom. The van der Waals surface area contributed by atoms with Gasteiger partial charge in [-0.2, -0.15) is 0 Å². The number of carbonyl (C=O) groups excluding carboxylic acids is 1. The van der Waals surface area contributed by atoms with Crippen molar-refractivity contribution in [2.75, 3.05) is 0 Å². The van der Waals surface area contributed by atoms with Crippen LogP contribution in [0, 0.1) is 17.8 Å². The van der Waals surface area contributed by atoms with Crippen molar-refractivity contribution in [3.63, 3.8) is 0 Å². The molecule has 0 radical (unpaired) electrons. The molecule has 1 aromatic rings. The molecule has 1 aliphatic carbocycles. The van der Waals surface area contributed by atoms with Crippen LogP contribution in [0.1, 0.15) is 43.6 Å². The maximum absolute atomic E-state index is 12.1. The van der Waals surface area contributed by atoms with Gasteiger partial charge >= 0.3 is 0 Å². The highest BCUT2D eigenvalue weighted by atomic mass is 32.1. The number of ketones is 1. The lowest BCUT2D eigenvalue weighted by atomic mass is 9.74. The van der Waals surface area contributed by atoms with Crippen LogP contribution >= 0.6 is 11.3 Å². The highest BCUT2D eigenvalue weighted by molar-refractivity contribution is 7.07. The van der Waals surface area contributed by atoms with E-state index < -0.39 is 0 Å². The molecule has 0 saturated heterocycles. The monoisotopic (exact) mass is 223 g/mol. The first-order valence-corrected chi connectivity index (χ1v) is 6.55. The van der Waals surface area contributed by atoms with E-state index in [1.807, 2.05) is 5.38 Å². The Kier molecular flexibility index (Phi) is 3.19. The first-order chi connectivity index (χ1) is 7.18. The largest absolute Gasteiger partial charge is 0.292 e. The molecule has 3 heteroatoms. The zero-order chi connectivity index (χ0) is 10.8. The lowest BCUT2D eigenvalue weighted by Gasteiger charge is -2.30. The van der Waals surface area contributed by atoms with Gasteiger partial charge in [0.2, 0.25) is 0 Å². The SMILES string of the molecule is CC1CCC(C(=O)c2cscn2)CC1C. The average molecular weight is 223 g/mol. The van der Waals surface area contributed by atoms with Crippen molar-refractivity contribution in [3.8, 4) is 0 Å². The molecule has 1 saturated carbocycles. The third-order valence-corrected chi connectivity index (χ3v) is 4.24. The van der Waals surface area contributed by atoms with Crippen LogP contribution in [-0.2, 0) is 0 Å².